The van der Waals surface area contributed by atoms with Crippen molar-refractivity contribution in [2.45, 2.75) is 25.9 Å². The topological polar surface area (TPSA) is 112 Å². The molecule has 2 aliphatic heterocycles. The summed E-state index contributed by atoms with van der Waals surface area (Å²) < 4.78 is 15.3. The van der Waals surface area contributed by atoms with Crippen LogP contribution in [0.2, 0.25) is 0 Å². The van der Waals surface area contributed by atoms with Crippen LogP contribution >= 0.6 is 0 Å². The van der Waals surface area contributed by atoms with Gasteiger partial charge in [0.25, 0.3) is 5.69 Å². The third-order valence-electron chi connectivity index (χ3n) is 5.18. The first-order valence-corrected chi connectivity index (χ1v) is 9.01. The van der Waals surface area contributed by atoms with Crippen LogP contribution in [0.3, 0.4) is 0 Å². The van der Waals surface area contributed by atoms with Crippen LogP contribution in [0.5, 0.6) is 0 Å². The summed E-state index contributed by atoms with van der Waals surface area (Å²) in [6.07, 6.45) is 0.00653. The molecule has 1 saturated heterocycles. The average molecular weight is 402 g/mol. The SMILES string of the molecule is COC(=O)C1=C(C)N(CC2CO2)C(C)=C(C(=O)OC)C1c1cccc([N+](=O)[O-])c1. The Morgan fingerprint density at radius 3 is 2.17 bits per heavy atom. The van der Waals surface area contributed by atoms with Crippen LogP contribution in [0, 0.1) is 10.1 Å². The molecule has 2 aliphatic rings. The van der Waals surface area contributed by atoms with Crippen molar-refractivity contribution in [3.05, 3.63) is 62.5 Å². The van der Waals surface area contributed by atoms with Gasteiger partial charge in [-0.2, -0.15) is 0 Å². The van der Waals surface area contributed by atoms with Crippen LogP contribution in [0.4, 0.5) is 5.69 Å². The number of hydrogen-bond acceptors (Lipinski definition) is 8. The first kappa shape index (κ1) is 20.5. The maximum absolute atomic E-state index is 12.7. The van der Waals surface area contributed by atoms with Gasteiger partial charge in [0.1, 0.15) is 0 Å². The van der Waals surface area contributed by atoms with E-state index in [9.17, 15) is 19.7 Å². The number of epoxide rings is 1. The second-order valence-electron chi connectivity index (χ2n) is 6.83. The fourth-order valence-corrected chi connectivity index (χ4v) is 3.66. The highest BCUT2D eigenvalue weighted by molar-refractivity contribution is 5.99. The fourth-order valence-electron chi connectivity index (χ4n) is 3.66. The molecule has 29 heavy (non-hydrogen) atoms. The van der Waals surface area contributed by atoms with Crippen molar-refractivity contribution in [1.29, 1.82) is 0 Å². The van der Waals surface area contributed by atoms with E-state index in [-0.39, 0.29) is 22.9 Å². The van der Waals surface area contributed by atoms with Crippen molar-refractivity contribution < 1.29 is 28.7 Å². The molecule has 2 heterocycles. The number of carbonyl (C=O) groups excluding carboxylic acids is 2. The molecule has 9 heteroatoms. The molecule has 1 atom stereocenters. The van der Waals surface area contributed by atoms with E-state index in [4.69, 9.17) is 14.2 Å². The van der Waals surface area contributed by atoms with Gasteiger partial charge in [-0.05, 0) is 19.4 Å². The zero-order chi connectivity index (χ0) is 21.3. The molecule has 1 aromatic rings. The van der Waals surface area contributed by atoms with Crippen molar-refractivity contribution in [2.24, 2.45) is 0 Å². The maximum atomic E-state index is 12.7. The molecule has 0 saturated carbocycles. The molecule has 0 aromatic heterocycles. The van der Waals surface area contributed by atoms with E-state index in [0.29, 0.717) is 30.1 Å². The summed E-state index contributed by atoms with van der Waals surface area (Å²) in [5, 5.41) is 11.3. The Labute approximate surface area is 167 Å². The summed E-state index contributed by atoms with van der Waals surface area (Å²) in [6, 6.07) is 5.87. The Bertz CT molecular complexity index is 891. The molecule has 3 rings (SSSR count). The lowest BCUT2D eigenvalue weighted by molar-refractivity contribution is -0.384. The Kier molecular flexibility index (Phi) is 5.69. The lowest BCUT2D eigenvalue weighted by Gasteiger charge is -2.37. The molecule has 1 fully saturated rings. The molecule has 0 bridgehead atoms. The van der Waals surface area contributed by atoms with Crippen LogP contribution in [0.25, 0.3) is 0 Å². The Hall–Kier alpha value is -3.20. The summed E-state index contributed by atoms with van der Waals surface area (Å²) in [4.78, 5) is 38.1. The summed E-state index contributed by atoms with van der Waals surface area (Å²) in [6.45, 7) is 4.60. The number of nitro groups is 1. The highest BCUT2D eigenvalue weighted by Gasteiger charge is 2.42. The van der Waals surface area contributed by atoms with Crippen LogP contribution in [-0.2, 0) is 23.8 Å². The molecule has 0 aliphatic carbocycles. The van der Waals surface area contributed by atoms with Gasteiger partial charge in [-0.25, -0.2) is 9.59 Å². The number of nitro benzene ring substituents is 1. The van der Waals surface area contributed by atoms with Gasteiger partial charge < -0.3 is 19.1 Å². The molecule has 0 radical (unpaired) electrons. The van der Waals surface area contributed by atoms with Gasteiger partial charge >= 0.3 is 11.9 Å². The minimum Gasteiger partial charge on any atom is -0.466 e. The normalized spacial score (nSPS) is 19.3. The third-order valence-corrected chi connectivity index (χ3v) is 5.18. The van der Waals surface area contributed by atoms with E-state index in [1.807, 2.05) is 4.90 Å². The fraction of sp³-hybridized carbons (Fsp3) is 0.400. The minimum atomic E-state index is -0.855. The van der Waals surface area contributed by atoms with Crippen LogP contribution < -0.4 is 0 Å². The lowest BCUT2D eigenvalue weighted by Crippen LogP contribution is -2.36. The summed E-state index contributed by atoms with van der Waals surface area (Å²) in [7, 11) is 2.51. The quantitative estimate of drug-likeness (QED) is 0.308. The lowest BCUT2D eigenvalue weighted by atomic mass is 9.79. The van der Waals surface area contributed by atoms with Crippen LogP contribution in [0.1, 0.15) is 25.3 Å². The van der Waals surface area contributed by atoms with Crippen LogP contribution in [0.15, 0.2) is 46.8 Å². The number of esters is 2. The predicted octanol–water partition coefficient (Wildman–Crippen LogP) is 2.29. The van der Waals surface area contributed by atoms with Crippen molar-refractivity contribution in [1.82, 2.24) is 4.90 Å². The van der Waals surface area contributed by atoms with Gasteiger partial charge in [0.2, 0.25) is 0 Å². The van der Waals surface area contributed by atoms with E-state index in [2.05, 4.69) is 0 Å². The number of carbonyl (C=O) groups is 2. The number of non-ortho nitro benzene ring substituents is 1. The highest BCUT2D eigenvalue weighted by Crippen LogP contribution is 2.43. The van der Waals surface area contributed by atoms with Gasteiger partial charge in [0.15, 0.2) is 0 Å². The second kappa shape index (κ2) is 8.04. The summed E-state index contributed by atoms with van der Waals surface area (Å²) in [5.74, 6) is -2.09. The number of nitrogens with zero attached hydrogens (tertiary/aromatic N) is 2. The maximum Gasteiger partial charge on any atom is 0.336 e. The monoisotopic (exact) mass is 402 g/mol. The Morgan fingerprint density at radius 2 is 1.72 bits per heavy atom. The van der Waals surface area contributed by atoms with Gasteiger partial charge in [-0.15, -0.1) is 0 Å². The van der Waals surface area contributed by atoms with Crippen molar-refractivity contribution in [2.75, 3.05) is 27.4 Å². The van der Waals surface area contributed by atoms with Crippen molar-refractivity contribution >= 4 is 17.6 Å². The Morgan fingerprint density at radius 1 is 1.17 bits per heavy atom. The largest absolute Gasteiger partial charge is 0.466 e. The molecule has 154 valence electrons. The summed E-state index contributed by atoms with van der Waals surface area (Å²) >= 11 is 0. The average Bonchev–Trinajstić information content (AvgIpc) is 3.54. The predicted molar refractivity (Wildman–Crippen MR) is 102 cm³/mol. The Balaban J connectivity index is 2.23. The van der Waals surface area contributed by atoms with Crippen molar-refractivity contribution in [3.63, 3.8) is 0 Å². The minimum absolute atomic E-state index is 0.00653. The molecular formula is C20H22N2O7. The summed E-state index contributed by atoms with van der Waals surface area (Å²) in [5.41, 5.74) is 1.98. The number of ether oxygens (including phenoxy) is 3. The number of allylic oxidation sites excluding steroid dienone is 2. The number of benzene rings is 1. The molecule has 0 amide bonds. The van der Waals surface area contributed by atoms with E-state index in [1.165, 1.54) is 32.4 Å². The standard InChI is InChI=1S/C20H22N2O7/c1-11-16(19(23)27-3)18(13-6-5-7-14(8-13)22(25)26)17(20(24)28-4)12(2)21(11)9-15-10-29-15/h5-8,15,18H,9-10H2,1-4H3. The van der Waals surface area contributed by atoms with E-state index < -0.39 is 22.8 Å². The van der Waals surface area contributed by atoms with Gasteiger partial charge in [0.05, 0.1) is 55.5 Å². The van der Waals surface area contributed by atoms with E-state index in [0.717, 1.165) is 0 Å². The first-order valence-electron chi connectivity index (χ1n) is 9.01. The molecule has 1 unspecified atom stereocenters. The molecule has 0 N–H and O–H groups in total. The van der Waals surface area contributed by atoms with E-state index in [1.54, 1.807) is 19.9 Å². The molecule has 1 aromatic carbocycles. The number of rotatable bonds is 6. The van der Waals surface area contributed by atoms with Crippen molar-refractivity contribution in [3.8, 4) is 0 Å². The van der Waals surface area contributed by atoms with Gasteiger partial charge in [0, 0.05) is 23.5 Å². The second-order valence-corrected chi connectivity index (χ2v) is 6.83. The smallest absolute Gasteiger partial charge is 0.336 e. The molecule has 9 nitrogen and oxygen atoms in total. The number of methoxy groups -OCH3 is 2. The molecular weight excluding hydrogens is 380 g/mol. The highest BCUT2D eigenvalue weighted by atomic mass is 16.6. The zero-order valence-electron chi connectivity index (χ0n) is 16.6. The van der Waals surface area contributed by atoms with E-state index >= 15 is 0 Å². The van der Waals surface area contributed by atoms with Gasteiger partial charge in [-0.1, -0.05) is 12.1 Å². The number of hydrogen-bond donors (Lipinski definition) is 0. The first-order chi connectivity index (χ1) is 13.8. The van der Waals surface area contributed by atoms with Gasteiger partial charge in [-0.3, -0.25) is 10.1 Å². The molecule has 0 spiro atoms. The third kappa shape index (κ3) is 3.86. The van der Waals surface area contributed by atoms with Crippen LogP contribution in [-0.4, -0.2) is 55.2 Å². The zero-order valence-corrected chi connectivity index (χ0v) is 16.6.